The van der Waals surface area contributed by atoms with Gasteiger partial charge in [0.2, 0.25) is 5.91 Å². The van der Waals surface area contributed by atoms with Crippen molar-refractivity contribution in [2.75, 3.05) is 40.9 Å². The van der Waals surface area contributed by atoms with Crippen molar-refractivity contribution >= 4 is 13.7 Å². The quantitative estimate of drug-likeness (QED) is 0.0249. The fraction of sp³-hybridized carbons (Fsp3) is 0.717. The Labute approximate surface area is 338 Å². The summed E-state index contributed by atoms with van der Waals surface area (Å²) in [4.78, 5) is 22.8. The Kier molecular flexibility index (Phi) is 36.1. The molecule has 0 saturated heterocycles. The molecular formula is C46H84N2O6P+. The monoisotopic (exact) mass is 792 g/mol. The number of hydrogen-bond acceptors (Lipinski definition) is 5. The van der Waals surface area contributed by atoms with Crippen LogP contribution >= 0.6 is 7.82 Å². The van der Waals surface area contributed by atoms with Crippen LogP contribution in [0.25, 0.3) is 0 Å². The Morgan fingerprint density at radius 2 is 1.09 bits per heavy atom. The van der Waals surface area contributed by atoms with Gasteiger partial charge in [-0.2, -0.15) is 0 Å². The van der Waals surface area contributed by atoms with Gasteiger partial charge in [0.25, 0.3) is 0 Å². The lowest BCUT2D eigenvalue weighted by Crippen LogP contribution is -2.45. The summed E-state index contributed by atoms with van der Waals surface area (Å²) in [6, 6.07) is -0.845. The molecule has 3 N–H and O–H groups in total. The van der Waals surface area contributed by atoms with E-state index in [4.69, 9.17) is 9.05 Å². The molecule has 0 heterocycles. The van der Waals surface area contributed by atoms with Crippen LogP contribution in [0.3, 0.4) is 0 Å². The number of phosphoric acid groups is 1. The maximum absolute atomic E-state index is 12.7. The molecular weight excluding hydrogens is 707 g/mol. The minimum Gasteiger partial charge on any atom is -0.387 e. The van der Waals surface area contributed by atoms with Crippen molar-refractivity contribution in [3.8, 4) is 0 Å². The molecule has 3 unspecified atom stereocenters. The highest BCUT2D eigenvalue weighted by molar-refractivity contribution is 7.47. The summed E-state index contributed by atoms with van der Waals surface area (Å²) < 4.78 is 23.3. The molecule has 1 amide bonds. The van der Waals surface area contributed by atoms with Crippen LogP contribution in [0.15, 0.2) is 72.9 Å². The van der Waals surface area contributed by atoms with Crippen LogP contribution in [0.2, 0.25) is 0 Å². The van der Waals surface area contributed by atoms with Crippen LogP contribution < -0.4 is 5.32 Å². The van der Waals surface area contributed by atoms with Crippen LogP contribution in [0, 0.1) is 0 Å². The third-order valence-corrected chi connectivity index (χ3v) is 10.2. The summed E-state index contributed by atoms with van der Waals surface area (Å²) in [6.07, 6.45) is 50.4. The zero-order valence-corrected chi connectivity index (χ0v) is 36.8. The SMILES string of the molecule is CC/C=C\C/C=C\C/C=C\C/C=C\C/C=C\CCCCCCCCCCCCCCCC(=O)NC(COP(=O)(O)OCC[N+](C)(C)C)C(O)/C=C/CCCC. The zero-order valence-electron chi connectivity index (χ0n) is 35.9. The average molecular weight is 792 g/mol. The Hall–Kier alpha value is -2.06. The number of nitrogens with one attached hydrogen (secondary N) is 1. The molecule has 0 radical (unpaired) electrons. The number of nitrogens with zero attached hydrogens (tertiary/aromatic N) is 1. The molecule has 0 rings (SSSR count). The van der Waals surface area contributed by atoms with Gasteiger partial charge < -0.3 is 19.8 Å². The van der Waals surface area contributed by atoms with E-state index in [0.29, 0.717) is 17.4 Å². The van der Waals surface area contributed by atoms with Crippen LogP contribution in [0.4, 0.5) is 0 Å². The van der Waals surface area contributed by atoms with Crippen LogP contribution in [-0.2, 0) is 18.4 Å². The smallest absolute Gasteiger partial charge is 0.387 e. The van der Waals surface area contributed by atoms with Gasteiger partial charge in [-0.15, -0.1) is 0 Å². The number of likely N-dealkylation sites (N-methyl/N-ethyl adjacent to an activating group) is 1. The number of amides is 1. The molecule has 0 aliphatic carbocycles. The zero-order chi connectivity index (χ0) is 40.7. The molecule has 0 bridgehead atoms. The van der Waals surface area contributed by atoms with E-state index in [9.17, 15) is 19.4 Å². The fourth-order valence-corrected chi connectivity index (χ4v) is 6.43. The Balaban J connectivity index is 3.93. The molecule has 0 aromatic carbocycles. The Morgan fingerprint density at radius 3 is 1.58 bits per heavy atom. The second kappa shape index (κ2) is 37.5. The van der Waals surface area contributed by atoms with Crippen molar-refractivity contribution in [1.82, 2.24) is 5.32 Å². The van der Waals surface area contributed by atoms with Gasteiger partial charge in [-0.3, -0.25) is 13.8 Å². The third kappa shape index (κ3) is 40.0. The van der Waals surface area contributed by atoms with E-state index in [1.807, 2.05) is 27.2 Å². The normalized spacial score (nSPS) is 15.1. The molecule has 0 aromatic rings. The number of aliphatic hydroxyl groups is 1. The molecule has 0 aliphatic heterocycles. The van der Waals surface area contributed by atoms with Crippen molar-refractivity contribution in [3.63, 3.8) is 0 Å². The van der Waals surface area contributed by atoms with Gasteiger partial charge in [-0.05, 0) is 57.8 Å². The number of aliphatic hydroxyl groups excluding tert-OH is 1. The van der Waals surface area contributed by atoms with Crippen molar-refractivity contribution < 1.29 is 32.9 Å². The van der Waals surface area contributed by atoms with Crippen molar-refractivity contribution in [2.24, 2.45) is 0 Å². The largest absolute Gasteiger partial charge is 0.472 e. The summed E-state index contributed by atoms with van der Waals surface area (Å²) in [5, 5.41) is 13.5. The highest BCUT2D eigenvalue weighted by Crippen LogP contribution is 2.43. The topological polar surface area (TPSA) is 105 Å². The number of rotatable bonds is 38. The molecule has 0 spiro atoms. The summed E-state index contributed by atoms with van der Waals surface area (Å²) in [5.74, 6) is -0.192. The summed E-state index contributed by atoms with van der Waals surface area (Å²) >= 11 is 0. The van der Waals surface area contributed by atoms with Crippen molar-refractivity contribution in [3.05, 3.63) is 72.9 Å². The predicted octanol–water partition coefficient (Wildman–Crippen LogP) is 12.0. The Bertz CT molecular complexity index is 1120. The standard InChI is InChI=1S/C46H83N2O6P/c1-6-8-10-12-13-14-15-16-17-18-19-20-21-22-23-24-25-26-27-28-29-30-31-32-33-34-35-36-38-40-46(50)47-44(45(49)39-37-11-9-7-2)43-54-55(51,52)53-42-41-48(3,4)5/h8,10,13-14,16-17,19-20,22-23,37,39,44-45,49H,6-7,9,11-12,15,18,21,24-36,38,40-43H2,1-5H3,(H-,47,50,51,52)/p+1/b10-8-,14-13-,17-16-,20-19-,23-22-,39-37+. The van der Waals surface area contributed by atoms with Gasteiger partial charge in [0.15, 0.2) is 0 Å². The molecule has 0 fully saturated rings. The first kappa shape index (κ1) is 52.9. The predicted molar refractivity (Wildman–Crippen MR) is 235 cm³/mol. The van der Waals surface area contributed by atoms with E-state index >= 15 is 0 Å². The molecule has 55 heavy (non-hydrogen) atoms. The number of quaternary nitrogens is 1. The van der Waals surface area contributed by atoms with Gasteiger partial charge >= 0.3 is 7.82 Å². The molecule has 0 aliphatic rings. The first-order valence-electron chi connectivity index (χ1n) is 21.8. The Morgan fingerprint density at radius 1 is 0.636 bits per heavy atom. The van der Waals surface area contributed by atoms with E-state index in [1.165, 1.54) is 70.6 Å². The first-order valence-corrected chi connectivity index (χ1v) is 23.3. The van der Waals surface area contributed by atoms with Gasteiger partial charge in [-0.1, -0.05) is 170 Å². The number of unbranched alkanes of at least 4 members (excludes halogenated alkanes) is 15. The van der Waals surface area contributed by atoms with E-state index in [1.54, 1.807) is 6.08 Å². The number of phosphoric ester groups is 1. The van der Waals surface area contributed by atoms with Gasteiger partial charge in [0.05, 0.1) is 39.9 Å². The summed E-state index contributed by atoms with van der Waals surface area (Å²) in [6.45, 7) is 4.52. The minimum atomic E-state index is -4.32. The van der Waals surface area contributed by atoms with E-state index < -0.39 is 20.0 Å². The summed E-state index contributed by atoms with van der Waals surface area (Å²) in [7, 11) is 1.55. The lowest BCUT2D eigenvalue weighted by molar-refractivity contribution is -0.870. The highest BCUT2D eigenvalue weighted by atomic mass is 31.2. The second-order valence-electron chi connectivity index (χ2n) is 15.7. The van der Waals surface area contributed by atoms with E-state index in [2.05, 4.69) is 79.9 Å². The molecule has 0 saturated carbocycles. The number of carbonyl (C=O) groups is 1. The summed E-state index contributed by atoms with van der Waals surface area (Å²) in [5.41, 5.74) is 0. The third-order valence-electron chi connectivity index (χ3n) is 9.18. The van der Waals surface area contributed by atoms with Gasteiger partial charge in [0, 0.05) is 6.42 Å². The lowest BCUT2D eigenvalue weighted by atomic mass is 10.0. The van der Waals surface area contributed by atoms with Gasteiger partial charge in [0.1, 0.15) is 13.2 Å². The molecule has 318 valence electrons. The molecule has 3 atom stereocenters. The molecule has 0 aromatic heterocycles. The number of allylic oxidation sites excluding steroid dienone is 11. The van der Waals surface area contributed by atoms with E-state index in [-0.39, 0.29) is 19.1 Å². The molecule has 9 heteroatoms. The minimum absolute atomic E-state index is 0.0572. The van der Waals surface area contributed by atoms with Crippen LogP contribution in [0.5, 0.6) is 0 Å². The maximum atomic E-state index is 12.7. The lowest BCUT2D eigenvalue weighted by Gasteiger charge is -2.25. The number of hydrogen-bond donors (Lipinski definition) is 3. The van der Waals surface area contributed by atoms with Crippen molar-refractivity contribution in [1.29, 1.82) is 0 Å². The van der Waals surface area contributed by atoms with Gasteiger partial charge in [-0.25, -0.2) is 4.57 Å². The molecule has 8 nitrogen and oxygen atoms in total. The van der Waals surface area contributed by atoms with E-state index in [0.717, 1.165) is 70.6 Å². The van der Waals surface area contributed by atoms with Crippen molar-refractivity contribution in [2.45, 2.75) is 174 Å². The van der Waals surface area contributed by atoms with Crippen LogP contribution in [0.1, 0.15) is 162 Å². The second-order valence-corrected chi connectivity index (χ2v) is 17.1. The maximum Gasteiger partial charge on any atom is 0.472 e. The fourth-order valence-electron chi connectivity index (χ4n) is 5.70. The highest BCUT2D eigenvalue weighted by Gasteiger charge is 2.27. The van der Waals surface area contributed by atoms with Crippen LogP contribution in [-0.4, -0.2) is 73.4 Å². The first-order chi connectivity index (χ1) is 26.5. The average Bonchev–Trinajstić information content (AvgIpc) is 3.13. The number of carbonyl (C=O) groups excluding carboxylic acids is 1.